The lowest BCUT2D eigenvalue weighted by atomic mass is 9.87. The van der Waals surface area contributed by atoms with E-state index in [9.17, 15) is 9.36 Å². The quantitative estimate of drug-likeness (QED) is 0.338. The van der Waals surface area contributed by atoms with Gasteiger partial charge >= 0.3 is 6.09 Å². The highest BCUT2D eigenvalue weighted by Gasteiger charge is 2.30. The molecule has 1 fully saturated rings. The molecule has 2 aromatic carbocycles. The molecule has 0 aliphatic carbocycles. The molecule has 4 rings (SSSR count). The predicted molar refractivity (Wildman–Crippen MR) is 152 cm³/mol. The van der Waals surface area contributed by atoms with Gasteiger partial charge in [0.05, 0.1) is 12.6 Å². The van der Waals surface area contributed by atoms with Crippen molar-refractivity contribution in [3.05, 3.63) is 59.3 Å². The van der Waals surface area contributed by atoms with Crippen molar-refractivity contribution >= 4 is 29.4 Å². The fraction of sp³-hybridized carbons (Fsp3) is 0.500. The molecule has 1 aromatic heterocycles. The summed E-state index contributed by atoms with van der Waals surface area (Å²) in [7, 11) is -0.587. The minimum absolute atomic E-state index is 0.250. The predicted octanol–water partition coefficient (Wildman–Crippen LogP) is 6.96. The second kappa shape index (κ2) is 10.3. The van der Waals surface area contributed by atoms with Crippen molar-refractivity contribution in [3.8, 4) is 5.75 Å². The number of piperidine rings is 1. The van der Waals surface area contributed by atoms with Crippen molar-refractivity contribution in [1.29, 1.82) is 0 Å². The van der Waals surface area contributed by atoms with Gasteiger partial charge in [0.1, 0.15) is 18.5 Å². The van der Waals surface area contributed by atoms with Crippen LogP contribution >= 0.6 is 7.14 Å². The zero-order chi connectivity index (χ0) is 27.1. The van der Waals surface area contributed by atoms with E-state index in [0.29, 0.717) is 12.5 Å². The monoisotopic (exact) mass is 524 g/mol. The number of rotatable bonds is 5. The van der Waals surface area contributed by atoms with Crippen molar-refractivity contribution in [2.75, 3.05) is 27.0 Å². The molecular formula is C30H41N2O4P. The second-order valence-corrected chi connectivity index (χ2v) is 15.1. The molecule has 0 spiro atoms. The van der Waals surface area contributed by atoms with E-state index in [1.165, 1.54) is 5.56 Å². The molecule has 6 nitrogen and oxygen atoms in total. The molecule has 7 heteroatoms. The number of carbonyl (C=O) groups excluding carboxylic acids is 1. The van der Waals surface area contributed by atoms with E-state index in [1.807, 2.05) is 65.3 Å². The molecule has 1 saturated heterocycles. The first-order valence-electron chi connectivity index (χ1n) is 13.1. The Kier molecular flexibility index (Phi) is 7.65. The third-order valence-electron chi connectivity index (χ3n) is 7.28. The largest absolute Gasteiger partial charge is 0.496 e. The highest BCUT2D eigenvalue weighted by molar-refractivity contribution is 7.70. The first kappa shape index (κ1) is 27.5. The summed E-state index contributed by atoms with van der Waals surface area (Å²) in [6, 6.07) is 12.6. The highest BCUT2D eigenvalue weighted by atomic mass is 31.2. The summed E-state index contributed by atoms with van der Waals surface area (Å²) < 4.78 is 25.7. The van der Waals surface area contributed by atoms with E-state index in [4.69, 9.17) is 9.47 Å². The second-order valence-electron chi connectivity index (χ2n) is 11.9. The third kappa shape index (κ3) is 5.97. The SMILES string of the molecule is COc1cc(C)c2c(ccn2C(=O)OC(C)(C)C)c1CN1CCC(C)CC1c1ccc(P(C)(C)=O)cc1. The Hall–Kier alpha value is -2.56. The van der Waals surface area contributed by atoms with E-state index in [0.717, 1.165) is 52.5 Å². The van der Waals surface area contributed by atoms with E-state index in [1.54, 1.807) is 17.9 Å². The standard InChI is InChI=1S/C30H41N2O4P/c1-20-13-15-31(26(17-20)22-9-11-23(12-10-22)37(7,8)34)19-25-24-14-16-32(29(33)36-30(3,4)5)28(24)21(2)18-27(25)35-6/h9-12,14,16,18,20,26H,13,15,17,19H2,1-8H3. The Morgan fingerprint density at radius 1 is 1.14 bits per heavy atom. The van der Waals surface area contributed by atoms with Crippen LogP contribution in [0.1, 0.15) is 63.3 Å². The lowest BCUT2D eigenvalue weighted by Gasteiger charge is -2.39. The van der Waals surface area contributed by atoms with Crippen molar-refractivity contribution in [2.45, 2.75) is 65.6 Å². The fourth-order valence-corrected chi connectivity index (χ4v) is 6.22. The van der Waals surface area contributed by atoms with Crippen LogP contribution in [0.15, 0.2) is 42.6 Å². The van der Waals surface area contributed by atoms with Gasteiger partial charge in [0, 0.05) is 35.0 Å². The molecule has 0 saturated carbocycles. The summed E-state index contributed by atoms with van der Waals surface area (Å²) in [5.74, 6) is 1.45. The summed E-state index contributed by atoms with van der Waals surface area (Å²) in [5, 5.41) is 1.92. The summed E-state index contributed by atoms with van der Waals surface area (Å²) in [5.41, 5.74) is 3.57. The van der Waals surface area contributed by atoms with Gasteiger partial charge in [0.2, 0.25) is 0 Å². The van der Waals surface area contributed by atoms with Crippen molar-refractivity contribution in [1.82, 2.24) is 9.47 Å². The van der Waals surface area contributed by atoms with Gasteiger partial charge in [-0.3, -0.25) is 9.47 Å². The summed E-state index contributed by atoms with van der Waals surface area (Å²) in [6.45, 7) is 15.3. The summed E-state index contributed by atoms with van der Waals surface area (Å²) in [6.07, 6.45) is 3.61. The Morgan fingerprint density at radius 3 is 2.41 bits per heavy atom. The number of carbonyl (C=O) groups is 1. The number of hydrogen-bond acceptors (Lipinski definition) is 5. The number of aromatic nitrogens is 1. The molecule has 2 atom stereocenters. The number of ether oxygens (including phenoxy) is 2. The van der Waals surface area contributed by atoms with E-state index >= 15 is 0 Å². The number of likely N-dealkylation sites (tertiary alicyclic amines) is 1. The first-order valence-corrected chi connectivity index (χ1v) is 15.7. The third-order valence-corrected chi connectivity index (χ3v) is 8.82. The molecule has 1 aliphatic rings. The Labute approximate surface area is 221 Å². The van der Waals surface area contributed by atoms with E-state index in [2.05, 4.69) is 24.0 Å². The molecule has 1 aliphatic heterocycles. The van der Waals surface area contributed by atoms with Gasteiger partial charge in [-0.1, -0.05) is 31.2 Å². The molecule has 0 bridgehead atoms. The van der Waals surface area contributed by atoms with Gasteiger partial charge in [-0.05, 0) is 89.6 Å². The minimum Gasteiger partial charge on any atom is -0.496 e. The number of aryl methyl sites for hydroxylation is 1. The van der Waals surface area contributed by atoms with E-state index < -0.39 is 12.7 Å². The molecule has 0 N–H and O–H groups in total. The Morgan fingerprint density at radius 2 is 1.81 bits per heavy atom. The van der Waals surface area contributed by atoms with E-state index in [-0.39, 0.29) is 12.1 Å². The van der Waals surface area contributed by atoms with Crippen LogP contribution in [0, 0.1) is 12.8 Å². The number of fused-ring (bicyclic) bond motifs is 1. The average Bonchev–Trinajstić information content (AvgIpc) is 3.26. The van der Waals surface area contributed by atoms with Crippen LogP contribution < -0.4 is 10.0 Å². The van der Waals surface area contributed by atoms with Crippen LogP contribution in [-0.4, -0.2) is 48.1 Å². The van der Waals surface area contributed by atoms with Gasteiger partial charge in [-0.2, -0.15) is 0 Å². The number of methoxy groups -OCH3 is 1. The zero-order valence-corrected chi connectivity index (χ0v) is 24.4. The summed E-state index contributed by atoms with van der Waals surface area (Å²) in [4.78, 5) is 15.5. The zero-order valence-electron chi connectivity index (χ0n) is 23.5. The maximum atomic E-state index is 13.0. The maximum absolute atomic E-state index is 13.0. The number of benzene rings is 2. The first-order chi connectivity index (χ1) is 17.3. The lowest BCUT2D eigenvalue weighted by Crippen LogP contribution is -2.36. The van der Waals surface area contributed by atoms with Gasteiger partial charge in [-0.25, -0.2) is 4.79 Å². The Balaban J connectivity index is 1.73. The van der Waals surface area contributed by atoms with Crippen molar-refractivity contribution in [2.24, 2.45) is 5.92 Å². The average molecular weight is 525 g/mol. The Bertz CT molecular complexity index is 1330. The van der Waals surface area contributed by atoms with Crippen LogP contribution in [0.2, 0.25) is 0 Å². The molecular weight excluding hydrogens is 483 g/mol. The van der Waals surface area contributed by atoms with Crippen LogP contribution in [0.4, 0.5) is 4.79 Å². The number of hydrogen-bond donors (Lipinski definition) is 0. The van der Waals surface area contributed by atoms with Crippen LogP contribution in [0.25, 0.3) is 10.9 Å². The smallest absolute Gasteiger partial charge is 0.419 e. The molecule has 2 heterocycles. The van der Waals surface area contributed by atoms with Gasteiger partial charge in [0.25, 0.3) is 0 Å². The van der Waals surface area contributed by atoms with Crippen LogP contribution in [0.5, 0.6) is 5.75 Å². The van der Waals surface area contributed by atoms with Crippen LogP contribution in [0.3, 0.4) is 0 Å². The molecule has 3 aromatic rings. The lowest BCUT2D eigenvalue weighted by molar-refractivity contribution is 0.0544. The molecule has 0 radical (unpaired) electrons. The number of nitrogens with zero attached hydrogens (tertiary/aromatic N) is 2. The molecule has 37 heavy (non-hydrogen) atoms. The van der Waals surface area contributed by atoms with Gasteiger partial charge < -0.3 is 14.0 Å². The topological polar surface area (TPSA) is 60.8 Å². The molecule has 200 valence electrons. The molecule has 2 unspecified atom stereocenters. The van der Waals surface area contributed by atoms with Crippen molar-refractivity contribution < 1.29 is 18.8 Å². The van der Waals surface area contributed by atoms with Crippen molar-refractivity contribution in [3.63, 3.8) is 0 Å². The normalized spacial score (nSPS) is 19.2. The van der Waals surface area contributed by atoms with Gasteiger partial charge in [0.15, 0.2) is 0 Å². The molecule has 0 amide bonds. The summed E-state index contributed by atoms with van der Waals surface area (Å²) >= 11 is 0. The van der Waals surface area contributed by atoms with Gasteiger partial charge in [-0.15, -0.1) is 0 Å². The maximum Gasteiger partial charge on any atom is 0.419 e. The highest BCUT2D eigenvalue weighted by Crippen LogP contribution is 2.40. The fourth-order valence-electron chi connectivity index (χ4n) is 5.36. The van der Waals surface area contributed by atoms with Crippen LogP contribution in [-0.2, 0) is 15.8 Å². The minimum atomic E-state index is -2.29.